The molecule has 0 aliphatic rings. The molecule has 0 unspecified atom stereocenters. The first-order valence-electron chi connectivity index (χ1n) is 8.12. The number of phenolic OH excluding ortho intramolecular Hbond substituents is 2. The minimum absolute atomic E-state index is 0.0280. The van der Waals surface area contributed by atoms with Crippen LogP contribution in [0.3, 0.4) is 0 Å². The topological polar surface area (TPSA) is 89.1 Å². The van der Waals surface area contributed by atoms with E-state index in [0.29, 0.717) is 41.8 Å². The lowest BCUT2D eigenvalue weighted by molar-refractivity contribution is 0.0697. The molecule has 0 fully saturated rings. The van der Waals surface area contributed by atoms with Crippen LogP contribution in [0.2, 0.25) is 0 Å². The van der Waals surface area contributed by atoms with Crippen molar-refractivity contribution in [1.29, 1.82) is 0 Å². The van der Waals surface area contributed by atoms with Crippen LogP contribution >= 0.6 is 90.4 Å². The van der Waals surface area contributed by atoms with Gasteiger partial charge in [-0.1, -0.05) is 0 Å². The van der Waals surface area contributed by atoms with Crippen molar-refractivity contribution in [2.75, 3.05) is 0 Å². The fourth-order valence-electron chi connectivity index (χ4n) is 3.20. The molecule has 4 aromatic rings. The molecule has 0 radical (unpaired) electrons. The smallest absolute Gasteiger partial charge is 0.378 e. The van der Waals surface area contributed by atoms with Crippen molar-refractivity contribution in [2.45, 2.75) is 0 Å². The number of carboxylic acids is 1. The monoisotopic (exact) mass is 855 g/mol. The second-order valence-corrected chi connectivity index (χ2v) is 10.7. The van der Waals surface area contributed by atoms with Gasteiger partial charge < -0.3 is 15.3 Å². The van der Waals surface area contributed by atoms with Crippen LogP contribution in [0.4, 0.5) is 4.39 Å². The molecule has 1 aromatic heterocycles. The van der Waals surface area contributed by atoms with E-state index < -0.39 is 11.8 Å². The molecule has 0 aliphatic heterocycles. The number of hydrogen-bond donors (Lipinski definition) is 3. The first-order valence-corrected chi connectivity index (χ1v) is 12.4. The Labute approximate surface area is 223 Å². The molecule has 152 valence electrons. The molecule has 3 aromatic carbocycles. The van der Waals surface area contributed by atoms with E-state index >= 15 is 0 Å². The van der Waals surface area contributed by atoms with Crippen molar-refractivity contribution in [3.63, 3.8) is 0 Å². The Hall–Kier alpha value is -0.750. The van der Waals surface area contributed by atoms with E-state index in [0.717, 1.165) is 6.07 Å². The van der Waals surface area contributed by atoms with Crippen molar-refractivity contribution < 1.29 is 28.9 Å². The Bertz CT molecular complexity index is 1330. The fraction of sp³-hybridized carbons (Fsp3) is 0. The van der Waals surface area contributed by atoms with Gasteiger partial charge in [0.1, 0.15) is 5.82 Å². The molecule has 0 spiro atoms. The highest BCUT2D eigenvalue weighted by molar-refractivity contribution is 14.1. The molecule has 0 aliphatic carbocycles. The third-order valence-corrected chi connectivity index (χ3v) is 8.17. The zero-order valence-corrected chi connectivity index (χ0v) is 23.1. The summed E-state index contributed by atoms with van der Waals surface area (Å²) in [6.07, 6.45) is 0. The van der Waals surface area contributed by atoms with Crippen LogP contribution in [0, 0.1) is 20.1 Å². The molecule has 10 heteroatoms. The van der Waals surface area contributed by atoms with E-state index in [1.54, 1.807) is 12.1 Å². The third kappa shape index (κ3) is 3.60. The summed E-state index contributed by atoms with van der Waals surface area (Å²) in [5.41, 5.74) is 1.20. The Morgan fingerprint density at radius 2 is 1.37 bits per heavy atom. The van der Waals surface area contributed by atoms with Gasteiger partial charge in [0, 0.05) is 11.1 Å². The summed E-state index contributed by atoms with van der Waals surface area (Å²) >= 11 is 7.85. The van der Waals surface area contributed by atoms with Gasteiger partial charge in [0.25, 0.3) is 0 Å². The molecule has 0 saturated carbocycles. The number of aromatic carboxylic acids is 1. The lowest BCUT2D eigenvalue weighted by Crippen LogP contribution is -2.02. The van der Waals surface area contributed by atoms with Gasteiger partial charge in [-0.15, -0.1) is 0 Å². The highest BCUT2D eigenvalue weighted by atomic mass is 127. The van der Waals surface area contributed by atoms with Gasteiger partial charge in [-0.25, -0.2) is 13.6 Å². The Balaban J connectivity index is 2.36. The van der Waals surface area contributed by atoms with Crippen LogP contribution in [0.25, 0.3) is 33.1 Å². The fourth-order valence-corrected chi connectivity index (χ4v) is 6.78. The van der Waals surface area contributed by atoms with Crippen LogP contribution in [0.1, 0.15) is 10.4 Å². The number of benzene rings is 3. The van der Waals surface area contributed by atoms with Gasteiger partial charge in [0.05, 0.1) is 23.5 Å². The normalized spacial score (nSPS) is 11.4. The van der Waals surface area contributed by atoms with Gasteiger partial charge in [0.15, 0.2) is 18.6 Å². The molecule has 30 heavy (non-hydrogen) atoms. The summed E-state index contributed by atoms with van der Waals surface area (Å²) in [5.74, 6) is -1.72. The van der Waals surface area contributed by atoms with E-state index in [4.69, 9.17) is 4.42 Å². The number of hydrogen-bond acceptors (Lipinski definition) is 3. The lowest BCUT2D eigenvalue weighted by atomic mass is 9.93. The van der Waals surface area contributed by atoms with Gasteiger partial charge in [0.2, 0.25) is 0 Å². The average Bonchev–Trinajstić information content (AvgIpc) is 2.69. The van der Waals surface area contributed by atoms with Gasteiger partial charge in [-0.3, -0.25) is 0 Å². The van der Waals surface area contributed by atoms with Crippen molar-refractivity contribution in [3.05, 3.63) is 56.0 Å². The van der Waals surface area contributed by atoms with Gasteiger partial charge >= 0.3 is 17.1 Å². The maximum Gasteiger partial charge on any atom is 0.378 e. The van der Waals surface area contributed by atoms with Crippen molar-refractivity contribution in [2.24, 2.45) is 0 Å². The molecule has 0 saturated heterocycles. The van der Waals surface area contributed by atoms with Crippen LogP contribution in [-0.4, -0.2) is 21.3 Å². The number of halogens is 5. The second kappa shape index (κ2) is 8.31. The Morgan fingerprint density at radius 1 is 0.867 bits per heavy atom. The van der Waals surface area contributed by atoms with E-state index in [9.17, 15) is 24.5 Å². The van der Waals surface area contributed by atoms with Crippen molar-refractivity contribution in [3.8, 4) is 22.6 Å². The van der Waals surface area contributed by atoms with Crippen molar-refractivity contribution in [1.82, 2.24) is 0 Å². The standard InChI is InChI=1S/C20H7FI4O5/c21-6-1-2-7(20(28)29)8(3-6)13-9-4-11(22)16(26)14(24)18(9)30-19-10(13)5-12(23)17(27)15(19)25/h1-5H,(H2-,26,27,28,29)/p+1. The molecule has 0 bridgehead atoms. The number of carbonyl (C=O) groups is 1. The molecule has 1 heterocycles. The highest BCUT2D eigenvalue weighted by Crippen LogP contribution is 2.46. The minimum atomic E-state index is -1.20. The molecular weight excluding hydrogens is 847 g/mol. The largest absolute Gasteiger partial charge is 0.505 e. The highest BCUT2D eigenvalue weighted by Gasteiger charge is 2.31. The molecule has 4 rings (SSSR count). The summed E-state index contributed by atoms with van der Waals surface area (Å²) in [4.78, 5) is 11.9. The average molecular weight is 855 g/mol. The van der Waals surface area contributed by atoms with Crippen LogP contribution in [0.15, 0.2) is 34.7 Å². The number of phenols is 2. The molecule has 5 nitrogen and oxygen atoms in total. The van der Waals surface area contributed by atoms with E-state index in [1.807, 2.05) is 90.4 Å². The van der Waals surface area contributed by atoms with Gasteiger partial charge in [-0.2, -0.15) is 0 Å². The third-order valence-electron chi connectivity index (χ3n) is 4.52. The predicted octanol–water partition coefficient (Wildman–Crippen LogP) is 7.20. The molecule has 0 atom stereocenters. The number of carboxylic acid groups (broad SMARTS) is 1. The van der Waals surface area contributed by atoms with Crippen LogP contribution in [-0.2, 0) is 0 Å². The quantitative estimate of drug-likeness (QED) is 0.113. The minimum Gasteiger partial charge on any atom is -0.505 e. The summed E-state index contributed by atoms with van der Waals surface area (Å²) < 4.78 is 22.3. The van der Waals surface area contributed by atoms with E-state index in [1.165, 1.54) is 12.1 Å². The number of fused-ring (bicyclic) bond motifs is 2. The van der Waals surface area contributed by atoms with E-state index in [-0.39, 0.29) is 22.6 Å². The maximum atomic E-state index is 14.2. The van der Waals surface area contributed by atoms with E-state index in [2.05, 4.69) is 0 Å². The van der Waals surface area contributed by atoms with Gasteiger partial charge in [-0.05, 0) is 121 Å². The second-order valence-electron chi connectivity index (χ2n) is 6.27. The zero-order valence-electron chi connectivity index (χ0n) is 14.4. The Morgan fingerprint density at radius 3 is 1.83 bits per heavy atom. The van der Waals surface area contributed by atoms with Crippen molar-refractivity contribution >= 4 is 118 Å². The van der Waals surface area contributed by atoms with Crippen LogP contribution in [0.5, 0.6) is 11.5 Å². The molecule has 3 N–H and O–H groups in total. The first-order chi connectivity index (χ1) is 14.1. The van der Waals surface area contributed by atoms with Crippen LogP contribution < -0.4 is 0 Å². The molecular formula is C20H8FI4O5+. The predicted molar refractivity (Wildman–Crippen MR) is 145 cm³/mol. The Kier molecular flexibility index (Phi) is 6.22. The zero-order chi connectivity index (χ0) is 21.9. The summed E-state index contributed by atoms with van der Waals surface area (Å²) in [7, 11) is 0. The number of aromatic hydroxyl groups is 2. The summed E-state index contributed by atoms with van der Waals surface area (Å²) in [6.45, 7) is 0. The summed E-state index contributed by atoms with van der Waals surface area (Å²) in [6, 6.07) is 6.85. The maximum absolute atomic E-state index is 14.2. The first kappa shape index (κ1) is 22.4. The number of rotatable bonds is 2. The lowest BCUT2D eigenvalue weighted by Gasteiger charge is -2.12. The molecule has 0 amide bonds. The summed E-state index contributed by atoms with van der Waals surface area (Å²) in [5, 5.41) is 31.6. The SMILES string of the molecule is O=C(O)c1ccc(F)cc1-c1c2cc(I)c(O)c(I)c2[o+]c2c(I)c(O)c(I)cc12.